The van der Waals surface area contributed by atoms with Crippen LogP contribution < -0.4 is 14.8 Å². The Labute approximate surface area is 188 Å². The van der Waals surface area contributed by atoms with E-state index in [4.69, 9.17) is 21.3 Å². The highest BCUT2D eigenvalue weighted by atomic mass is 35.5. The highest BCUT2D eigenvalue weighted by Crippen LogP contribution is 2.34. The fourth-order valence-corrected chi connectivity index (χ4v) is 4.12. The van der Waals surface area contributed by atoms with Crippen molar-refractivity contribution in [2.45, 2.75) is 11.8 Å². The van der Waals surface area contributed by atoms with Crippen molar-refractivity contribution < 1.29 is 9.13 Å². The van der Waals surface area contributed by atoms with Crippen LogP contribution in [0.2, 0.25) is 5.02 Å². The highest BCUT2D eigenvalue weighted by molar-refractivity contribution is 8.00. The van der Waals surface area contributed by atoms with Gasteiger partial charge in [0.1, 0.15) is 11.6 Å². The molecule has 3 heterocycles. The fraction of sp³-hybridized carbons (Fsp3) is 0.136. The Morgan fingerprint density at radius 1 is 1.10 bits per heavy atom. The molecule has 4 aromatic rings. The zero-order chi connectivity index (χ0) is 22.0. The molecular weight excluding hydrogens is 437 g/mol. The summed E-state index contributed by atoms with van der Waals surface area (Å²) in [6.07, 6.45) is 3.27. The summed E-state index contributed by atoms with van der Waals surface area (Å²) in [6, 6.07) is 10.5. The first kappa shape index (κ1) is 21.1. The lowest BCUT2D eigenvalue weighted by atomic mass is 10.0. The predicted molar refractivity (Wildman–Crippen MR) is 124 cm³/mol. The number of halogens is 2. The Hall–Kier alpha value is -3.10. The van der Waals surface area contributed by atoms with Crippen LogP contribution >= 0.6 is 23.5 Å². The lowest BCUT2D eigenvalue weighted by molar-refractivity contribution is 0.387. The number of aryl methyl sites for hydroxylation is 1. The van der Waals surface area contributed by atoms with Crippen LogP contribution in [-0.4, -0.2) is 29.1 Å². The van der Waals surface area contributed by atoms with Crippen molar-refractivity contribution in [2.24, 2.45) is 0 Å². The molecule has 2 N–H and O–H groups in total. The van der Waals surface area contributed by atoms with Crippen LogP contribution in [0.1, 0.15) is 5.69 Å². The molecule has 0 aliphatic heterocycles. The number of nitrogens with zero attached hydrogens (tertiary/aromatic N) is 3. The molecule has 31 heavy (non-hydrogen) atoms. The lowest BCUT2D eigenvalue weighted by Gasteiger charge is -2.13. The molecule has 0 saturated carbocycles. The number of aromatic nitrogens is 3. The van der Waals surface area contributed by atoms with Gasteiger partial charge in [0.15, 0.2) is 0 Å². The number of fused-ring (bicyclic) bond motifs is 1. The molecule has 3 aromatic heterocycles. The third kappa shape index (κ3) is 4.50. The summed E-state index contributed by atoms with van der Waals surface area (Å²) in [5, 5.41) is 4.38. The average molecular weight is 456 g/mol. The van der Waals surface area contributed by atoms with Gasteiger partial charge >= 0.3 is 0 Å². The van der Waals surface area contributed by atoms with E-state index in [-0.39, 0.29) is 5.82 Å². The minimum absolute atomic E-state index is 0.327. The van der Waals surface area contributed by atoms with Gasteiger partial charge in [0.25, 0.3) is 0 Å². The second-order valence-corrected chi connectivity index (χ2v) is 7.98. The molecule has 0 amide bonds. The van der Waals surface area contributed by atoms with Crippen LogP contribution in [0.25, 0.3) is 22.0 Å². The van der Waals surface area contributed by atoms with Crippen molar-refractivity contribution in [3.05, 3.63) is 65.3 Å². The molecule has 9 heteroatoms. The van der Waals surface area contributed by atoms with E-state index < -0.39 is 0 Å². The van der Waals surface area contributed by atoms with Crippen molar-refractivity contribution in [2.75, 3.05) is 24.2 Å². The van der Waals surface area contributed by atoms with Gasteiger partial charge in [0.05, 0.1) is 28.2 Å². The molecule has 0 saturated heterocycles. The zero-order valence-electron chi connectivity index (χ0n) is 17.0. The molecule has 0 radical (unpaired) electrons. The standard InChI is InChI=1S/C22H19ClFN5OS/c1-12-16(6-14-10-26-21(25-2)9-18(14)28-12)13-4-5-17(24)19(7-13)29-31-20-8-15(23)11-27-22(20)30-3/h4-11,29H,1-3H3,(H,25,26). The van der Waals surface area contributed by atoms with Gasteiger partial charge in [-0.2, -0.15) is 0 Å². The summed E-state index contributed by atoms with van der Waals surface area (Å²) >= 11 is 7.20. The summed E-state index contributed by atoms with van der Waals surface area (Å²) in [7, 11) is 3.33. The molecule has 0 aliphatic carbocycles. The van der Waals surface area contributed by atoms with Crippen LogP contribution in [0, 0.1) is 12.7 Å². The van der Waals surface area contributed by atoms with Crippen LogP contribution in [0.5, 0.6) is 5.88 Å². The molecule has 0 atom stereocenters. The number of rotatable bonds is 6. The summed E-state index contributed by atoms with van der Waals surface area (Å²) in [5.41, 5.74) is 3.75. The van der Waals surface area contributed by atoms with Crippen molar-refractivity contribution in [1.82, 2.24) is 15.0 Å². The number of ether oxygens (including phenoxy) is 1. The smallest absolute Gasteiger partial charge is 0.228 e. The Bertz CT molecular complexity index is 1270. The van der Waals surface area contributed by atoms with Crippen LogP contribution in [-0.2, 0) is 0 Å². The number of anilines is 2. The Kier molecular flexibility index (Phi) is 6.11. The van der Waals surface area contributed by atoms with Crippen LogP contribution in [0.4, 0.5) is 15.9 Å². The molecule has 6 nitrogen and oxygen atoms in total. The van der Waals surface area contributed by atoms with Gasteiger partial charge in [-0.1, -0.05) is 17.7 Å². The van der Waals surface area contributed by atoms with E-state index in [0.717, 1.165) is 33.5 Å². The van der Waals surface area contributed by atoms with E-state index >= 15 is 0 Å². The third-order valence-electron chi connectivity index (χ3n) is 4.67. The SMILES string of the molecule is CNc1cc2nc(C)c(-c3ccc(F)c(NSc4cc(Cl)cnc4OC)c3)cc2cn1. The number of benzene rings is 1. The van der Waals surface area contributed by atoms with Crippen molar-refractivity contribution in [3.8, 4) is 17.0 Å². The largest absolute Gasteiger partial charge is 0.480 e. The summed E-state index contributed by atoms with van der Waals surface area (Å²) in [4.78, 5) is 13.8. The Balaban J connectivity index is 1.66. The maximum absolute atomic E-state index is 14.5. The topological polar surface area (TPSA) is 72.0 Å². The van der Waals surface area contributed by atoms with Crippen LogP contribution in [0.3, 0.4) is 0 Å². The van der Waals surface area contributed by atoms with Gasteiger partial charge in [0, 0.05) is 42.2 Å². The molecule has 158 valence electrons. The lowest BCUT2D eigenvalue weighted by Crippen LogP contribution is -1.97. The molecule has 0 fully saturated rings. The van der Waals surface area contributed by atoms with E-state index in [1.54, 1.807) is 24.4 Å². The molecule has 1 aromatic carbocycles. The minimum atomic E-state index is -0.378. The third-order valence-corrected chi connectivity index (χ3v) is 5.71. The molecule has 0 unspecified atom stereocenters. The average Bonchev–Trinajstić information content (AvgIpc) is 2.78. The second-order valence-electron chi connectivity index (χ2n) is 6.69. The first-order chi connectivity index (χ1) is 15.0. The Morgan fingerprint density at radius 3 is 2.71 bits per heavy atom. The predicted octanol–water partition coefficient (Wildman–Crippen LogP) is 5.96. The monoisotopic (exact) mass is 455 g/mol. The van der Waals surface area contributed by atoms with E-state index in [2.05, 4.69) is 20.0 Å². The Morgan fingerprint density at radius 2 is 1.94 bits per heavy atom. The number of pyridine rings is 3. The van der Waals surface area contributed by atoms with E-state index in [1.807, 2.05) is 26.1 Å². The van der Waals surface area contributed by atoms with E-state index in [0.29, 0.717) is 21.5 Å². The first-order valence-electron chi connectivity index (χ1n) is 9.36. The van der Waals surface area contributed by atoms with Crippen molar-refractivity contribution in [1.29, 1.82) is 0 Å². The summed E-state index contributed by atoms with van der Waals surface area (Å²) < 4.78 is 22.8. The minimum Gasteiger partial charge on any atom is -0.480 e. The van der Waals surface area contributed by atoms with Gasteiger partial charge in [-0.3, -0.25) is 4.98 Å². The van der Waals surface area contributed by atoms with Crippen molar-refractivity contribution in [3.63, 3.8) is 0 Å². The maximum atomic E-state index is 14.5. The normalized spacial score (nSPS) is 10.9. The first-order valence-corrected chi connectivity index (χ1v) is 10.6. The van der Waals surface area contributed by atoms with Gasteiger partial charge in [-0.05, 0) is 48.7 Å². The summed E-state index contributed by atoms with van der Waals surface area (Å²) in [6.45, 7) is 1.93. The van der Waals surface area contributed by atoms with Gasteiger partial charge in [0.2, 0.25) is 5.88 Å². The molecule has 0 bridgehead atoms. The highest BCUT2D eigenvalue weighted by Gasteiger charge is 2.12. The molecular formula is C22H19ClFN5OS. The van der Waals surface area contributed by atoms with Crippen molar-refractivity contribution >= 4 is 46.0 Å². The quantitative estimate of drug-likeness (QED) is 0.347. The number of hydrogen-bond acceptors (Lipinski definition) is 7. The molecule has 0 spiro atoms. The zero-order valence-corrected chi connectivity index (χ0v) is 18.6. The van der Waals surface area contributed by atoms with Crippen LogP contribution in [0.15, 0.2) is 53.7 Å². The molecule has 4 rings (SSSR count). The van der Waals surface area contributed by atoms with Gasteiger partial charge < -0.3 is 14.8 Å². The van der Waals surface area contributed by atoms with E-state index in [1.165, 1.54) is 31.3 Å². The maximum Gasteiger partial charge on any atom is 0.228 e. The summed E-state index contributed by atoms with van der Waals surface area (Å²) in [5.74, 6) is 0.779. The van der Waals surface area contributed by atoms with Gasteiger partial charge in [-0.25, -0.2) is 14.4 Å². The number of nitrogens with one attached hydrogen (secondary N) is 2. The number of methoxy groups -OCH3 is 1. The van der Waals surface area contributed by atoms with Gasteiger partial charge in [-0.15, -0.1) is 0 Å². The fourth-order valence-electron chi connectivity index (χ4n) is 3.11. The number of hydrogen-bond donors (Lipinski definition) is 2. The second kappa shape index (κ2) is 8.95. The molecule has 0 aliphatic rings. The van der Waals surface area contributed by atoms with E-state index in [9.17, 15) is 4.39 Å².